The molecule has 0 aromatic carbocycles. The molecule has 102 valence electrons. The molecule has 0 saturated carbocycles. The molecule has 0 aliphatic rings. The van der Waals surface area contributed by atoms with Gasteiger partial charge in [-0.3, -0.25) is 0 Å². The molecule has 0 aliphatic carbocycles. The maximum atomic E-state index is 9.32. The summed E-state index contributed by atoms with van der Waals surface area (Å²) in [5.74, 6) is 1.36. The minimum atomic E-state index is 0.0814. The van der Waals surface area contributed by atoms with E-state index >= 15 is 0 Å². The van der Waals surface area contributed by atoms with Crippen molar-refractivity contribution in [3.8, 4) is 0 Å². The summed E-state index contributed by atoms with van der Waals surface area (Å²) in [6.07, 6.45) is 3.67. The van der Waals surface area contributed by atoms with Gasteiger partial charge in [0.1, 0.15) is 5.82 Å². The van der Waals surface area contributed by atoms with Gasteiger partial charge in [-0.2, -0.15) is 0 Å². The summed E-state index contributed by atoms with van der Waals surface area (Å²) in [6, 6.07) is 3.98. The van der Waals surface area contributed by atoms with E-state index in [1.807, 2.05) is 12.1 Å². The van der Waals surface area contributed by atoms with Crippen LogP contribution in [0.15, 0.2) is 12.1 Å². The number of nitrogens with zero attached hydrogens (tertiary/aromatic N) is 2. The SMILES string of the molecule is CCCCCN(C)c1cc(CO)cc(C(C)C)n1. The smallest absolute Gasteiger partial charge is 0.128 e. The normalized spacial score (nSPS) is 11.0. The number of aromatic nitrogens is 1. The van der Waals surface area contributed by atoms with Crippen LogP contribution in [0, 0.1) is 0 Å². The summed E-state index contributed by atoms with van der Waals surface area (Å²) in [7, 11) is 2.07. The maximum Gasteiger partial charge on any atom is 0.128 e. The van der Waals surface area contributed by atoms with Gasteiger partial charge >= 0.3 is 0 Å². The van der Waals surface area contributed by atoms with Gasteiger partial charge in [0.2, 0.25) is 0 Å². The first-order valence-electron chi connectivity index (χ1n) is 6.91. The molecule has 3 nitrogen and oxygen atoms in total. The molecule has 1 aromatic heterocycles. The Bertz CT molecular complexity index is 364. The van der Waals surface area contributed by atoms with Crippen LogP contribution in [-0.4, -0.2) is 23.7 Å². The third-order valence-corrected chi connectivity index (χ3v) is 3.15. The predicted molar refractivity (Wildman–Crippen MR) is 77.0 cm³/mol. The van der Waals surface area contributed by atoms with Crippen molar-refractivity contribution in [3.63, 3.8) is 0 Å². The quantitative estimate of drug-likeness (QED) is 0.754. The van der Waals surface area contributed by atoms with Gasteiger partial charge in [0, 0.05) is 19.3 Å². The van der Waals surface area contributed by atoms with Gasteiger partial charge in [-0.25, -0.2) is 4.98 Å². The minimum absolute atomic E-state index is 0.0814. The van der Waals surface area contributed by atoms with Crippen molar-refractivity contribution in [2.24, 2.45) is 0 Å². The van der Waals surface area contributed by atoms with Gasteiger partial charge < -0.3 is 10.0 Å². The van der Waals surface area contributed by atoms with E-state index in [9.17, 15) is 5.11 Å². The lowest BCUT2D eigenvalue weighted by atomic mass is 10.1. The molecular formula is C15H26N2O. The van der Waals surface area contributed by atoms with Crippen molar-refractivity contribution in [1.82, 2.24) is 4.98 Å². The van der Waals surface area contributed by atoms with Crippen LogP contribution < -0.4 is 4.90 Å². The van der Waals surface area contributed by atoms with Gasteiger partial charge in [-0.05, 0) is 30.0 Å². The lowest BCUT2D eigenvalue weighted by molar-refractivity contribution is 0.281. The molecule has 0 spiro atoms. The molecule has 0 bridgehead atoms. The Balaban J connectivity index is 2.82. The van der Waals surface area contributed by atoms with Crippen LogP contribution in [0.4, 0.5) is 5.82 Å². The molecule has 0 fully saturated rings. The summed E-state index contributed by atoms with van der Waals surface area (Å²) < 4.78 is 0. The van der Waals surface area contributed by atoms with Crippen molar-refractivity contribution < 1.29 is 5.11 Å². The van der Waals surface area contributed by atoms with Gasteiger partial charge in [0.05, 0.1) is 6.61 Å². The van der Waals surface area contributed by atoms with Gasteiger partial charge in [0.25, 0.3) is 0 Å². The molecule has 1 N–H and O–H groups in total. The van der Waals surface area contributed by atoms with Crippen LogP contribution in [0.3, 0.4) is 0 Å². The van der Waals surface area contributed by atoms with E-state index in [-0.39, 0.29) is 6.61 Å². The Morgan fingerprint density at radius 3 is 2.56 bits per heavy atom. The van der Waals surface area contributed by atoms with Crippen LogP contribution in [0.5, 0.6) is 0 Å². The summed E-state index contributed by atoms with van der Waals surface area (Å²) in [5, 5.41) is 9.32. The molecule has 1 heterocycles. The Morgan fingerprint density at radius 1 is 1.28 bits per heavy atom. The average Bonchev–Trinajstić information content (AvgIpc) is 2.38. The molecule has 0 amide bonds. The number of pyridine rings is 1. The zero-order valence-corrected chi connectivity index (χ0v) is 12.1. The number of aliphatic hydroxyl groups excluding tert-OH is 1. The second-order valence-corrected chi connectivity index (χ2v) is 5.20. The van der Waals surface area contributed by atoms with Crippen LogP contribution in [-0.2, 0) is 6.61 Å². The molecule has 0 unspecified atom stereocenters. The summed E-state index contributed by atoms with van der Waals surface area (Å²) in [5.41, 5.74) is 2.00. The van der Waals surface area contributed by atoms with E-state index in [0.29, 0.717) is 5.92 Å². The van der Waals surface area contributed by atoms with Gasteiger partial charge in [-0.15, -0.1) is 0 Å². The summed E-state index contributed by atoms with van der Waals surface area (Å²) >= 11 is 0. The first kappa shape index (κ1) is 15.0. The van der Waals surface area contributed by atoms with Gasteiger partial charge in [0.15, 0.2) is 0 Å². The second-order valence-electron chi connectivity index (χ2n) is 5.20. The molecule has 0 atom stereocenters. The van der Waals surface area contributed by atoms with E-state index in [2.05, 4.69) is 37.7 Å². The number of rotatable bonds is 7. The monoisotopic (exact) mass is 250 g/mol. The third kappa shape index (κ3) is 4.30. The highest BCUT2D eigenvalue weighted by Gasteiger charge is 2.09. The number of aliphatic hydroxyl groups is 1. The molecule has 18 heavy (non-hydrogen) atoms. The van der Waals surface area contributed by atoms with E-state index in [4.69, 9.17) is 0 Å². The fourth-order valence-electron chi connectivity index (χ4n) is 1.89. The first-order valence-corrected chi connectivity index (χ1v) is 6.91. The van der Waals surface area contributed by atoms with Crippen molar-refractivity contribution in [3.05, 3.63) is 23.4 Å². The molecule has 0 aliphatic heterocycles. The Labute approximate surface area is 111 Å². The topological polar surface area (TPSA) is 36.4 Å². The zero-order chi connectivity index (χ0) is 13.5. The standard InChI is InChI=1S/C15H26N2O/c1-5-6-7-8-17(4)15-10-13(11-18)9-14(16-15)12(2)3/h9-10,12,18H,5-8,11H2,1-4H3. The Morgan fingerprint density at radius 2 is 2.00 bits per heavy atom. The van der Waals surface area contributed by atoms with E-state index in [1.165, 1.54) is 19.3 Å². The summed E-state index contributed by atoms with van der Waals surface area (Å²) in [6.45, 7) is 7.57. The average molecular weight is 250 g/mol. The maximum absolute atomic E-state index is 9.32. The van der Waals surface area contributed by atoms with Crippen LogP contribution in [0.1, 0.15) is 57.2 Å². The molecule has 1 aromatic rings. The van der Waals surface area contributed by atoms with E-state index in [1.54, 1.807) is 0 Å². The number of hydrogen-bond acceptors (Lipinski definition) is 3. The predicted octanol–water partition coefficient (Wildman–Crippen LogP) is 3.32. The third-order valence-electron chi connectivity index (χ3n) is 3.15. The van der Waals surface area contributed by atoms with Crippen molar-refractivity contribution in [2.45, 2.75) is 52.6 Å². The van der Waals surface area contributed by atoms with Crippen molar-refractivity contribution in [2.75, 3.05) is 18.5 Å². The zero-order valence-electron chi connectivity index (χ0n) is 12.1. The molecule has 3 heteroatoms. The summed E-state index contributed by atoms with van der Waals surface area (Å²) in [4.78, 5) is 6.86. The Kier molecular flexibility index (Phi) is 6.13. The van der Waals surface area contributed by atoms with Crippen LogP contribution >= 0.6 is 0 Å². The fraction of sp³-hybridized carbons (Fsp3) is 0.667. The fourth-order valence-corrected chi connectivity index (χ4v) is 1.89. The molecule has 0 radical (unpaired) electrons. The molecule has 1 rings (SSSR count). The van der Waals surface area contributed by atoms with Crippen molar-refractivity contribution >= 4 is 5.82 Å². The minimum Gasteiger partial charge on any atom is -0.392 e. The van der Waals surface area contributed by atoms with Crippen molar-refractivity contribution in [1.29, 1.82) is 0 Å². The number of anilines is 1. The van der Waals surface area contributed by atoms with Gasteiger partial charge in [-0.1, -0.05) is 33.6 Å². The number of hydrogen-bond donors (Lipinski definition) is 1. The molecule has 0 saturated heterocycles. The molecular weight excluding hydrogens is 224 g/mol. The lowest BCUT2D eigenvalue weighted by Crippen LogP contribution is -2.20. The highest BCUT2D eigenvalue weighted by molar-refractivity contribution is 5.42. The van der Waals surface area contributed by atoms with E-state index < -0.39 is 0 Å². The van der Waals surface area contributed by atoms with Crippen LogP contribution in [0.2, 0.25) is 0 Å². The first-order chi connectivity index (χ1) is 8.58. The highest BCUT2D eigenvalue weighted by Crippen LogP contribution is 2.20. The second kappa shape index (κ2) is 7.37. The lowest BCUT2D eigenvalue weighted by Gasteiger charge is -2.20. The number of unbranched alkanes of at least 4 members (excludes halogenated alkanes) is 2. The largest absolute Gasteiger partial charge is 0.392 e. The Hall–Kier alpha value is -1.09. The van der Waals surface area contributed by atoms with Crippen LogP contribution in [0.25, 0.3) is 0 Å². The highest BCUT2D eigenvalue weighted by atomic mass is 16.3. The van der Waals surface area contributed by atoms with E-state index in [0.717, 1.165) is 23.6 Å².